The molecular weight excluding hydrogens is 1520 g/mol. The standard InChI is InChI=1S/C12H15NO4.C5H8BrNO3.C5H8O3.C5H6O2.2C4H8O2.C3H7N3O.C3H7NO2S.C3H9NO.C3H6O2S.C3H8OS.C2H3BrO2.C2H5NO3.C2H4O2/c14-10-5-6-11(15)13(10)7-8-1-3-9(4-2-8)12(16)17;6-3-4(8)7-2-1-5(9)10;1-4(6)2-3-5(7)8;1-2-3-4-5(6)7;1-2-3-4(5)6;5-3-1-2-4-6;4-6-5-2-1-3-7;4-2(1-7)3(5)6;4-2-1-3-5;4-3(5)1-2-6;4-2-1-3-5;3-1-2(4)5;3-6-1-2(4)5;3-1-2-4/h5-6,8-9H,1-4,7H2,(H,16,17);1-3H2,(H,7,8)(H,9,10);2-3H2,1H3,(H,7,8);1H,3-4H2,(H,6,7);2-3H2,1H3,(H,5,6);3,6H,1-2,4H2;7H,1-3H2;2,7H,1,4H2,(H,5,6);5H,1-4H2;6H,1-2H2,(H,4,5);4-5H,1-3H2;1H2,(H,4,5);1,3H2,(H,4,5);1,4H,2H2. The summed E-state index contributed by atoms with van der Waals surface area (Å²) >= 11 is 16.8. The smallest absolute Gasteiger partial charge is 0.331 e. The maximum Gasteiger partial charge on any atom is 0.331 e. The van der Waals surface area contributed by atoms with E-state index in [1.54, 1.807) is 0 Å². The molecule has 3 amide bonds. The van der Waals surface area contributed by atoms with Crippen molar-refractivity contribution >= 4 is 160 Å². The zero-order chi connectivity index (χ0) is 79.8. The molecule has 43 heteroatoms. The zero-order valence-electron chi connectivity index (χ0n) is 55.2. The molecule has 0 spiro atoms. The number of carboxylic acid groups (broad SMARTS) is 9. The lowest BCUT2D eigenvalue weighted by Crippen LogP contribution is -2.36. The number of carboxylic acids is 9. The summed E-state index contributed by atoms with van der Waals surface area (Å²) in [6, 6.07) is -0.816. The summed E-state index contributed by atoms with van der Waals surface area (Å²) in [6.45, 7) is 4.75. The number of hydrogen-bond donors (Lipinski definition) is 21. The van der Waals surface area contributed by atoms with Gasteiger partial charge < -0.3 is 103 Å². The van der Waals surface area contributed by atoms with Gasteiger partial charge in [-0.05, 0) is 88.5 Å². The molecular formula is C56H102Br2N8O30S3. The van der Waals surface area contributed by atoms with Crippen LogP contribution in [0, 0.1) is 24.2 Å². The number of aliphatic hydroxyl groups is 5. The molecule has 1 aliphatic carbocycles. The van der Waals surface area contributed by atoms with Gasteiger partial charge >= 0.3 is 53.7 Å². The van der Waals surface area contributed by atoms with Crippen molar-refractivity contribution in [2.45, 2.75) is 129 Å². The number of halogens is 2. The Labute approximate surface area is 606 Å². The zero-order valence-corrected chi connectivity index (χ0v) is 61.0. The molecule has 21 N–H and O–H groups in total. The highest BCUT2D eigenvalue weighted by atomic mass is 79.9. The number of nitrogens with zero attached hydrogens (tertiary/aromatic N) is 4. The molecule has 2 rings (SSSR count). The number of alkyl halides is 2. The molecule has 1 aliphatic heterocycles. The van der Waals surface area contributed by atoms with Crippen LogP contribution in [-0.4, -0.2) is 266 Å². The SMILES string of the molecule is C#CCCC(=O)O.CC(=O)CCC(=O)O.CCCC(=O)O.NC(CS)C(=O)O.NCCCO.NOCC(=O)O.O=C(O)C1CCC(CN2C(=O)C=CC2=O)CC1.O=C(O)CBr.O=C(O)CCNC(=O)CBr.O=C(O)CCS.O=CCCCO.O=CCO.OCCCS.[N-]=[N+]=NCCCO. The van der Waals surface area contributed by atoms with Crippen molar-refractivity contribution in [2.75, 3.05) is 93.7 Å². The van der Waals surface area contributed by atoms with Crippen molar-refractivity contribution in [1.29, 1.82) is 0 Å². The second kappa shape index (κ2) is 102. The summed E-state index contributed by atoms with van der Waals surface area (Å²) in [6.07, 6.45) is 16.2. The lowest BCUT2D eigenvalue weighted by Gasteiger charge is -2.28. The van der Waals surface area contributed by atoms with Crippen LogP contribution < -0.4 is 22.7 Å². The Kier molecular flexibility index (Phi) is 123. The molecule has 1 unspecified atom stereocenters. The average Bonchev–Trinajstić information content (AvgIpc) is 1.78. The molecule has 1 fully saturated rings. The topological polar surface area (TPSA) is 691 Å². The summed E-state index contributed by atoms with van der Waals surface area (Å²) in [5.41, 5.74) is 17.6. The molecule has 1 saturated carbocycles. The van der Waals surface area contributed by atoms with Crippen molar-refractivity contribution in [3.8, 4) is 12.3 Å². The highest BCUT2D eigenvalue weighted by molar-refractivity contribution is 9.09. The van der Waals surface area contributed by atoms with Crippen molar-refractivity contribution < 1.29 is 148 Å². The van der Waals surface area contributed by atoms with Gasteiger partial charge in [0.25, 0.3) is 11.8 Å². The number of carbonyl (C=O) groups is 15. The van der Waals surface area contributed by atoms with E-state index in [9.17, 15) is 67.1 Å². The predicted molar refractivity (Wildman–Crippen MR) is 376 cm³/mol. The first kappa shape index (κ1) is 119. The highest BCUT2D eigenvalue weighted by Gasteiger charge is 2.31. The number of rotatable bonds is 32. The molecule has 1 heterocycles. The second-order valence-corrected chi connectivity index (χ2v) is 19.8. The van der Waals surface area contributed by atoms with E-state index in [1.165, 1.54) is 24.0 Å². The van der Waals surface area contributed by atoms with Crippen LogP contribution in [0.4, 0.5) is 0 Å². The van der Waals surface area contributed by atoms with Gasteiger partial charge in [-0.15, -0.1) is 12.3 Å². The lowest BCUT2D eigenvalue weighted by molar-refractivity contribution is -0.144. The fourth-order valence-electron chi connectivity index (χ4n) is 4.26. The van der Waals surface area contributed by atoms with E-state index >= 15 is 0 Å². The third-order valence-corrected chi connectivity index (χ3v) is 10.8. The summed E-state index contributed by atoms with van der Waals surface area (Å²) in [5, 5.41) is 118. The predicted octanol–water partition coefficient (Wildman–Crippen LogP) is 1.16. The minimum Gasteiger partial charge on any atom is -0.481 e. The molecule has 0 saturated heterocycles. The summed E-state index contributed by atoms with van der Waals surface area (Å²) in [7, 11) is 0. The van der Waals surface area contributed by atoms with E-state index in [0.717, 1.165) is 44.1 Å². The fourth-order valence-corrected chi connectivity index (χ4v) is 4.95. The molecule has 0 radical (unpaired) electrons. The third-order valence-electron chi connectivity index (χ3n) is 8.83. The maximum atomic E-state index is 11.4. The fraction of sp³-hybridized carbons (Fsp3) is 0.661. The summed E-state index contributed by atoms with van der Waals surface area (Å²) in [5.74, 6) is -0.600. The Balaban J connectivity index is -0.0000000842. The molecule has 0 bridgehead atoms. The van der Waals surface area contributed by atoms with E-state index in [4.69, 9.17) is 99.7 Å². The number of thiol groups is 3. The normalized spacial score (nSPS) is 12.0. The number of azide groups is 1. The number of terminal acetylenes is 1. The third kappa shape index (κ3) is 147. The number of amides is 3. The molecule has 2 aliphatic rings. The van der Waals surface area contributed by atoms with Crippen LogP contribution in [0.2, 0.25) is 0 Å². The van der Waals surface area contributed by atoms with Gasteiger partial charge in [-0.1, -0.05) is 43.9 Å². The van der Waals surface area contributed by atoms with Gasteiger partial charge in [0.05, 0.1) is 43.5 Å². The van der Waals surface area contributed by atoms with Crippen LogP contribution in [0.15, 0.2) is 17.3 Å². The number of imide groups is 1. The first-order valence-corrected chi connectivity index (χ1v) is 33.0. The number of nitrogens with one attached hydrogen (secondary N) is 1. The van der Waals surface area contributed by atoms with E-state index in [0.29, 0.717) is 76.6 Å². The number of hydrogen-bond acceptors (Lipinski definition) is 28. The van der Waals surface area contributed by atoms with Crippen molar-refractivity contribution in [2.24, 2.45) is 34.3 Å². The first-order chi connectivity index (χ1) is 46.5. The van der Waals surface area contributed by atoms with Gasteiger partial charge in [-0.3, -0.25) is 62.5 Å². The minimum atomic E-state index is -1.06. The van der Waals surface area contributed by atoms with Gasteiger partial charge in [-0.2, -0.15) is 37.9 Å². The van der Waals surface area contributed by atoms with E-state index in [-0.39, 0.29) is 123 Å². The number of carbonyl (C=O) groups excluding carboxylic acids is 6. The Bertz CT molecular complexity index is 2140. The second-order valence-electron chi connectivity index (χ2n) is 17.4. The summed E-state index contributed by atoms with van der Waals surface area (Å²) in [4.78, 5) is 157. The number of nitrogens with two attached hydrogens (primary N) is 3. The van der Waals surface area contributed by atoms with Gasteiger partial charge in [0.15, 0.2) is 6.61 Å². The molecule has 1 atom stereocenters. The molecule has 0 aromatic heterocycles. The maximum absolute atomic E-state index is 11.4. The molecule has 99 heavy (non-hydrogen) atoms. The van der Waals surface area contributed by atoms with Crippen LogP contribution in [0.5, 0.6) is 0 Å². The van der Waals surface area contributed by atoms with Crippen LogP contribution in [0.1, 0.15) is 123 Å². The monoisotopic (exact) mass is 1620 g/mol. The first-order valence-electron chi connectivity index (χ1n) is 28.8. The number of Topliss-reactive ketones (excluding diaryl/α,β-unsaturated/α-hetero) is 1. The average molecular weight is 1620 g/mol. The lowest BCUT2D eigenvalue weighted by atomic mass is 9.82. The van der Waals surface area contributed by atoms with Gasteiger partial charge in [0, 0.05) is 100 Å². The number of aldehydes is 2. The van der Waals surface area contributed by atoms with E-state index < -0.39 is 66.4 Å². The largest absolute Gasteiger partial charge is 0.481 e. The van der Waals surface area contributed by atoms with Crippen molar-refractivity contribution in [3.05, 3.63) is 22.6 Å². The highest BCUT2D eigenvalue weighted by Crippen LogP contribution is 2.30. The molecule has 0 aromatic rings. The van der Waals surface area contributed by atoms with Gasteiger partial charge in [-0.25, -0.2) is 10.7 Å². The van der Waals surface area contributed by atoms with Crippen molar-refractivity contribution in [3.63, 3.8) is 0 Å². The van der Waals surface area contributed by atoms with Crippen LogP contribution in [0.25, 0.3) is 10.4 Å². The number of aliphatic hydroxyl groups excluding tert-OH is 5. The van der Waals surface area contributed by atoms with E-state index in [1.807, 2.05) is 6.92 Å². The van der Waals surface area contributed by atoms with Crippen LogP contribution in [0.3, 0.4) is 0 Å². The van der Waals surface area contributed by atoms with E-state index in [2.05, 4.69) is 102 Å². The molecule has 38 nitrogen and oxygen atoms in total. The molecule has 0 aromatic carbocycles. The summed E-state index contributed by atoms with van der Waals surface area (Å²) < 4.78 is 0. The molecule has 578 valence electrons. The van der Waals surface area contributed by atoms with Crippen LogP contribution >= 0.6 is 69.7 Å². The number of ketones is 1. The van der Waals surface area contributed by atoms with Crippen molar-refractivity contribution in [1.82, 2.24) is 10.2 Å². The van der Waals surface area contributed by atoms with Gasteiger partial charge in [0.2, 0.25) is 5.91 Å². The van der Waals surface area contributed by atoms with Crippen LogP contribution in [-0.2, 0) is 76.8 Å². The number of unbranched alkanes of at least 4 members (excludes halogenated alkanes) is 1. The Morgan fingerprint density at radius 3 is 1.33 bits per heavy atom. The van der Waals surface area contributed by atoms with Gasteiger partial charge in [0.1, 0.15) is 29.7 Å². The Hall–Kier alpha value is -6.89. The minimum absolute atomic E-state index is 0.0290. The number of aliphatic carboxylic acids is 9. The Morgan fingerprint density at radius 2 is 1.15 bits per heavy atom. The quantitative estimate of drug-likeness (QED) is 0.00429. The Morgan fingerprint density at radius 1 is 0.697 bits per heavy atom.